The van der Waals surface area contributed by atoms with Crippen LogP contribution in [0.3, 0.4) is 0 Å². The number of allylic oxidation sites excluding steroid dienone is 1. The lowest BCUT2D eigenvalue weighted by atomic mass is 9.84. The number of nitrogens with one attached hydrogen (secondary N) is 1. The molecule has 0 saturated heterocycles. The second kappa shape index (κ2) is 7.94. The average Bonchev–Trinajstić information content (AvgIpc) is 2.85. The van der Waals surface area contributed by atoms with E-state index in [1.165, 1.54) is 4.88 Å². The minimum atomic E-state index is -0.836. The Hall–Kier alpha value is -1.66. The largest absolute Gasteiger partial charge is 0.477 e. The maximum Gasteiger partial charge on any atom is 0.359 e. The number of hydrogen-bond acceptors (Lipinski definition) is 3. The molecule has 1 aromatic rings. The lowest BCUT2D eigenvalue weighted by molar-refractivity contribution is -0.881. The molecule has 0 saturated carbocycles. The molecule has 0 aliphatic heterocycles. The van der Waals surface area contributed by atoms with Crippen molar-refractivity contribution in [2.45, 2.75) is 32.6 Å². The van der Waals surface area contributed by atoms with E-state index in [0.29, 0.717) is 24.0 Å². The number of rotatable bonds is 9. The zero-order chi connectivity index (χ0) is 18.5. The molecule has 6 heteroatoms. The van der Waals surface area contributed by atoms with Gasteiger partial charge < -0.3 is 14.9 Å². The minimum absolute atomic E-state index is 0.0391. The summed E-state index contributed by atoms with van der Waals surface area (Å²) in [5.41, 5.74) is 2.01. The summed E-state index contributed by atoms with van der Waals surface area (Å²) in [4.78, 5) is 24.0. The number of carbonyl (C=O) groups is 2. The summed E-state index contributed by atoms with van der Waals surface area (Å²) in [6.45, 7) is 11.4. The quantitative estimate of drug-likeness (QED) is 0.529. The number of thiophene rings is 1. The lowest BCUT2D eigenvalue weighted by Gasteiger charge is -2.27. The van der Waals surface area contributed by atoms with Crippen LogP contribution >= 0.6 is 11.3 Å². The molecular formula is C18H29N2O3S+. The summed E-state index contributed by atoms with van der Waals surface area (Å²) in [6, 6.07) is 2.07. The van der Waals surface area contributed by atoms with Gasteiger partial charge in [-0.1, -0.05) is 26.0 Å². The molecule has 0 aliphatic rings. The van der Waals surface area contributed by atoms with Gasteiger partial charge >= 0.3 is 5.97 Å². The van der Waals surface area contributed by atoms with Crippen LogP contribution in [0.2, 0.25) is 0 Å². The Morgan fingerprint density at radius 1 is 1.38 bits per heavy atom. The van der Waals surface area contributed by atoms with E-state index < -0.39 is 5.97 Å². The molecule has 0 unspecified atom stereocenters. The van der Waals surface area contributed by atoms with E-state index in [0.717, 1.165) is 11.1 Å². The second-order valence-corrected chi connectivity index (χ2v) is 8.37. The first-order valence-corrected chi connectivity index (χ1v) is 8.86. The highest BCUT2D eigenvalue weighted by Crippen LogP contribution is 2.34. The van der Waals surface area contributed by atoms with Crippen LogP contribution in [0.15, 0.2) is 23.6 Å². The van der Waals surface area contributed by atoms with Gasteiger partial charge in [0.1, 0.15) is 0 Å². The molecular weight excluding hydrogens is 324 g/mol. The molecule has 0 bridgehead atoms. The predicted octanol–water partition coefficient (Wildman–Crippen LogP) is 2.42. The van der Waals surface area contributed by atoms with E-state index in [1.54, 1.807) is 11.3 Å². The monoisotopic (exact) mass is 353 g/mol. The van der Waals surface area contributed by atoms with Crippen LogP contribution in [0.4, 0.5) is 0 Å². The molecule has 1 rings (SSSR count). The van der Waals surface area contributed by atoms with E-state index in [4.69, 9.17) is 5.11 Å². The first kappa shape index (κ1) is 20.4. The van der Waals surface area contributed by atoms with Gasteiger partial charge in [0, 0.05) is 10.3 Å². The summed E-state index contributed by atoms with van der Waals surface area (Å²) >= 11 is 1.65. The number of carboxylic acid groups (broad SMARTS) is 1. The van der Waals surface area contributed by atoms with Crippen molar-refractivity contribution >= 4 is 23.2 Å². The molecule has 1 heterocycles. The Morgan fingerprint density at radius 2 is 2.00 bits per heavy atom. The molecule has 0 spiro atoms. The van der Waals surface area contributed by atoms with Gasteiger partial charge in [0.05, 0.1) is 33.6 Å². The van der Waals surface area contributed by atoms with Crippen LogP contribution in [-0.2, 0) is 21.4 Å². The number of carbonyl (C=O) groups excluding carboxylic acids is 1. The Labute approximate surface area is 148 Å². The van der Waals surface area contributed by atoms with Crippen LogP contribution in [0.25, 0.3) is 0 Å². The zero-order valence-electron chi connectivity index (χ0n) is 15.3. The Morgan fingerprint density at radius 3 is 2.54 bits per heavy atom. The van der Waals surface area contributed by atoms with Crippen molar-refractivity contribution in [1.29, 1.82) is 0 Å². The van der Waals surface area contributed by atoms with Gasteiger partial charge in [0.15, 0.2) is 6.54 Å². The van der Waals surface area contributed by atoms with E-state index in [-0.39, 0.29) is 17.9 Å². The Kier molecular flexibility index (Phi) is 6.75. The summed E-state index contributed by atoms with van der Waals surface area (Å²) in [7, 11) is 3.68. The van der Waals surface area contributed by atoms with Gasteiger partial charge in [-0.3, -0.25) is 4.79 Å². The van der Waals surface area contributed by atoms with Gasteiger partial charge in [0.2, 0.25) is 5.91 Å². The van der Waals surface area contributed by atoms with Gasteiger partial charge in [-0.2, -0.15) is 0 Å². The van der Waals surface area contributed by atoms with Crippen LogP contribution in [-0.4, -0.2) is 55.2 Å². The molecule has 2 N–H and O–H groups in total. The lowest BCUT2D eigenvalue weighted by Crippen LogP contribution is -2.48. The fourth-order valence-electron chi connectivity index (χ4n) is 2.20. The third-order valence-corrected chi connectivity index (χ3v) is 5.61. The van der Waals surface area contributed by atoms with E-state index in [9.17, 15) is 9.59 Å². The summed E-state index contributed by atoms with van der Waals surface area (Å²) < 4.78 is 0.338. The highest BCUT2D eigenvalue weighted by molar-refractivity contribution is 7.10. The van der Waals surface area contributed by atoms with Gasteiger partial charge in [-0.25, -0.2) is 4.79 Å². The topological polar surface area (TPSA) is 66.4 Å². The molecule has 0 radical (unpaired) electrons. The molecule has 24 heavy (non-hydrogen) atoms. The fourth-order valence-corrected chi connectivity index (χ4v) is 3.32. The number of amides is 1. The summed E-state index contributed by atoms with van der Waals surface area (Å²) in [6.07, 6.45) is 0.342. The summed E-state index contributed by atoms with van der Waals surface area (Å²) in [5, 5.41) is 13.7. The van der Waals surface area contributed by atoms with Crippen molar-refractivity contribution in [3.05, 3.63) is 34.0 Å². The highest BCUT2D eigenvalue weighted by Gasteiger charge is 2.24. The normalized spacial score (nSPS) is 12.0. The standard InChI is InChI=1S/C18H28N2O3S/c1-13(2)18(3,4)15-9-14(12-24-15)10-16(21)19-7-8-20(5,6)11-17(22)23/h9,12H,1,7-8,10-11H2,2-6H3,(H-,19,21,22,23)/p+1. The molecule has 134 valence electrons. The average molecular weight is 354 g/mol. The molecule has 5 nitrogen and oxygen atoms in total. The number of likely N-dealkylation sites (N-methyl/N-ethyl adjacent to an activating group) is 1. The van der Waals surface area contributed by atoms with Crippen molar-refractivity contribution in [1.82, 2.24) is 5.32 Å². The second-order valence-electron chi connectivity index (χ2n) is 7.46. The van der Waals surface area contributed by atoms with Crippen molar-refractivity contribution in [3.8, 4) is 0 Å². The molecule has 0 aliphatic carbocycles. The minimum Gasteiger partial charge on any atom is -0.477 e. The Balaban J connectivity index is 2.51. The number of hydrogen-bond donors (Lipinski definition) is 2. The van der Waals surface area contributed by atoms with Crippen molar-refractivity contribution in [3.63, 3.8) is 0 Å². The third-order valence-electron chi connectivity index (χ3n) is 4.30. The maximum absolute atomic E-state index is 12.1. The molecule has 0 aromatic carbocycles. The Bertz CT molecular complexity index is 618. The van der Waals surface area contributed by atoms with Gasteiger partial charge in [-0.15, -0.1) is 11.3 Å². The smallest absolute Gasteiger partial charge is 0.359 e. The van der Waals surface area contributed by atoms with Crippen LogP contribution < -0.4 is 5.32 Å². The van der Waals surface area contributed by atoms with Crippen LogP contribution in [0.1, 0.15) is 31.2 Å². The van der Waals surface area contributed by atoms with E-state index in [2.05, 4.69) is 31.8 Å². The van der Waals surface area contributed by atoms with Crippen molar-refractivity contribution < 1.29 is 19.2 Å². The zero-order valence-corrected chi connectivity index (χ0v) is 16.1. The van der Waals surface area contributed by atoms with Gasteiger partial charge in [0.25, 0.3) is 0 Å². The van der Waals surface area contributed by atoms with E-state index >= 15 is 0 Å². The third kappa shape index (κ3) is 6.09. The SMILES string of the molecule is C=C(C)C(C)(C)c1cc(CC(=O)NCC[N+](C)(C)CC(=O)O)cs1. The number of nitrogens with zero attached hydrogens (tertiary/aromatic N) is 1. The molecule has 0 atom stereocenters. The number of carboxylic acids is 1. The summed E-state index contributed by atoms with van der Waals surface area (Å²) in [5.74, 6) is -0.875. The first-order chi connectivity index (χ1) is 10.9. The van der Waals surface area contributed by atoms with E-state index in [1.807, 2.05) is 26.4 Å². The number of quaternary nitrogens is 1. The highest BCUT2D eigenvalue weighted by atomic mass is 32.1. The molecule has 1 amide bonds. The van der Waals surface area contributed by atoms with Crippen molar-refractivity contribution in [2.75, 3.05) is 33.7 Å². The van der Waals surface area contributed by atoms with Crippen molar-refractivity contribution in [2.24, 2.45) is 0 Å². The number of aliphatic carboxylic acids is 1. The molecule has 1 aromatic heterocycles. The van der Waals surface area contributed by atoms with Gasteiger partial charge in [-0.05, 0) is 23.9 Å². The first-order valence-electron chi connectivity index (χ1n) is 7.98. The van der Waals surface area contributed by atoms with Crippen LogP contribution in [0.5, 0.6) is 0 Å². The molecule has 0 fully saturated rings. The fraction of sp³-hybridized carbons (Fsp3) is 0.556. The predicted molar refractivity (Wildman–Crippen MR) is 98.4 cm³/mol. The van der Waals surface area contributed by atoms with Crippen LogP contribution in [0, 0.1) is 0 Å². The maximum atomic E-state index is 12.1.